The predicted molar refractivity (Wildman–Crippen MR) is 93.8 cm³/mol. The summed E-state index contributed by atoms with van der Waals surface area (Å²) >= 11 is 7.68. The van der Waals surface area contributed by atoms with Crippen LogP contribution in [0.15, 0.2) is 41.8 Å². The van der Waals surface area contributed by atoms with Gasteiger partial charge in [-0.2, -0.15) is 0 Å². The summed E-state index contributed by atoms with van der Waals surface area (Å²) in [5.41, 5.74) is 1.40. The van der Waals surface area contributed by atoms with Gasteiger partial charge in [0.15, 0.2) is 0 Å². The molecule has 1 amide bonds. The zero-order valence-electron chi connectivity index (χ0n) is 12.9. The van der Waals surface area contributed by atoms with Gasteiger partial charge in [0.2, 0.25) is 11.1 Å². The average Bonchev–Trinajstić information content (AvgIpc) is 3.05. The van der Waals surface area contributed by atoms with Crippen molar-refractivity contribution in [1.82, 2.24) is 4.90 Å². The SMILES string of the molecule is CC(=O)N1CCC(C(=O)Cl)(c2ccsc2-c2ccccc2)CC1. The molecule has 1 saturated heterocycles. The van der Waals surface area contributed by atoms with E-state index in [0.29, 0.717) is 25.9 Å². The van der Waals surface area contributed by atoms with Gasteiger partial charge >= 0.3 is 0 Å². The Hall–Kier alpha value is -1.65. The van der Waals surface area contributed by atoms with E-state index in [-0.39, 0.29) is 11.1 Å². The van der Waals surface area contributed by atoms with Gasteiger partial charge in [0.25, 0.3) is 0 Å². The molecule has 1 aliphatic rings. The molecule has 0 unspecified atom stereocenters. The van der Waals surface area contributed by atoms with Gasteiger partial charge in [-0.3, -0.25) is 9.59 Å². The quantitative estimate of drug-likeness (QED) is 0.785. The number of thiophene rings is 1. The first kappa shape index (κ1) is 16.2. The third kappa shape index (κ3) is 2.93. The van der Waals surface area contributed by atoms with Gasteiger partial charge < -0.3 is 4.90 Å². The molecule has 2 aromatic rings. The normalized spacial score (nSPS) is 17.0. The van der Waals surface area contributed by atoms with Gasteiger partial charge in [-0.25, -0.2) is 0 Å². The van der Waals surface area contributed by atoms with Crippen molar-refractivity contribution in [3.05, 3.63) is 47.3 Å². The van der Waals surface area contributed by atoms with Crippen LogP contribution in [0.1, 0.15) is 25.3 Å². The first-order valence-electron chi connectivity index (χ1n) is 7.63. The number of halogens is 1. The van der Waals surface area contributed by atoms with E-state index in [9.17, 15) is 9.59 Å². The van der Waals surface area contributed by atoms with Crippen molar-refractivity contribution in [3.63, 3.8) is 0 Å². The molecule has 1 aromatic carbocycles. The molecule has 1 fully saturated rings. The van der Waals surface area contributed by atoms with Crippen LogP contribution < -0.4 is 0 Å². The molecule has 120 valence electrons. The largest absolute Gasteiger partial charge is 0.343 e. The van der Waals surface area contributed by atoms with Crippen LogP contribution in [0, 0.1) is 0 Å². The molecular formula is C18H18ClNO2S. The highest BCUT2D eigenvalue weighted by atomic mass is 35.5. The van der Waals surface area contributed by atoms with E-state index < -0.39 is 5.41 Å². The van der Waals surface area contributed by atoms with Crippen LogP contribution in [-0.2, 0) is 15.0 Å². The van der Waals surface area contributed by atoms with Gasteiger partial charge in [0.05, 0.1) is 5.41 Å². The maximum atomic E-state index is 12.3. The zero-order chi connectivity index (χ0) is 16.4. The topological polar surface area (TPSA) is 37.4 Å². The van der Waals surface area contributed by atoms with Gasteiger partial charge in [-0.05, 0) is 47.0 Å². The number of nitrogens with zero attached hydrogens (tertiary/aromatic N) is 1. The molecule has 1 aromatic heterocycles. The number of rotatable bonds is 3. The van der Waals surface area contributed by atoms with E-state index in [1.807, 2.05) is 41.8 Å². The Morgan fingerprint density at radius 1 is 1.13 bits per heavy atom. The highest BCUT2D eigenvalue weighted by molar-refractivity contribution is 7.13. The van der Waals surface area contributed by atoms with Gasteiger partial charge in [-0.15, -0.1) is 11.3 Å². The molecule has 3 nitrogen and oxygen atoms in total. The molecule has 0 aliphatic carbocycles. The Balaban J connectivity index is 2.00. The van der Waals surface area contributed by atoms with Crippen molar-refractivity contribution in [2.24, 2.45) is 0 Å². The monoisotopic (exact) mass is 347 g/mol. The molecule has 1 aliphatic heterocycles. The van der Waals surface area contributed by atoms with Crippen molar-refractivity contribution in [2.75, 3.05) is 13.1 Å². The summed E-state index contributed by atoms with van der Waals surface area (Å²) in [5.74, 6) is 0.0502. The second-order valence-electron chi connectivity index (χ2n) is 5.89. The molecule has 23 heavy (non-hydrogen) atoms. The van der Waals surface area contributed by atoms with Crippen molar-refractivity contribution in [1.29, 1.82) is 0 Å². The fourth-order valence-electron chi connectivity index (χ4n) is 3.27. The third-order valence-corrected chi connectivity index (χ3v) is 5.98. The lowest BCUT2D eigenvalue weighted by molar-refractivity contribution is -0.132. The van der Waals surface area contributed by atoms with Crippen molar-refractivity contribution < 1.29 is 9.59 Å². The van der Waals surface area contributed by atoms with E-state index in [1.54, 1.807) is 23.2 Å². The summed E-state index contributed by atoms with van der Waals surface area (Å²) in [7, 11) is 0. The molecule has 0 saturated carbocycles. The number of carbonyl (C=O) groups excluding carboxylic acids is 2. The minimum Gasteiger partial charge on any atom is -0.343 e. The zero-order valence-corrected chi connectivity index (χ0v) is 14.5. The second-order valence-corrected chi connectivity index (χ2v) is 7.15. The fourth-order valence-corrected chi connectivity index (χ4v) is 4.57. The Morgan fingerprint density at radius 2 is 1.78 bits per heavy atom. The maximum absolute atomic E-state index is 12.3. The van der Waals surface area contributed by atoms with E-state index in [0.717, 1.165) is 16.0 Å². The highest BCUT2D eigenvalue weighted by Crippen LogP contribution is 2.44. The molecule has 3 rings (SSSR count). The van der Waals surface area contributed by atoms with E-state index in [1.165, 1.54) is 0 Å². The third-order valence-electron chi connectivity index (χ3n) is 4.66. The molecule has 0 spiro atoms. The van der Waals surface area contributed by atoms with E-state index in [4.69, 9.17) is 11.6 Å². The molecular weight excluding hydrogens is 330 g/mol. The summed E-state index contributed by atoms with van der Waals surface area (Å²) < 4.78 is 0. The van der Waals surface area contributed by atoms with Gasteiger partial charge in [0, 0.05) is 24.9 Å². The summed E-state index contributed by atoms with van der Waals surface area (Å²) in [4.78, 5) is 26.8. The minimum atomic E-state index is -0.696. The number of likely N-dealkylation sites (tertiary alicyclic amines) is 1. The van der Waals surface area contributed by atoms with Crippen LogP contribution in [-0.4, -0.2) is 29.1 Å². The molecule has 0 bridgehead atoms. The molecule has 5 heteroatoms. The van der Waals surface area contributed by atoms with Crippen molar-refractivity contribution in [3.8, 4) is 10.4 Å². The smallest absolute Gasteiger partial charge is 0.232 e. The Morgan fingerprint density at radius 3 is 2.35 bits per heavy atom. The van der Waals surface area contributed by atoms with Crippen LogP contribution in [0.25, 0.3) is 10.4 Å². The average molecular weight is 348 g/mol. The number of benzene rings is 1. The van der Waals surface area contributed by atoms with Crippen LogP contribution >= 0.6 is 22.9 Å². The number of hydrogen-bond donors (Lipinski definition) is 0. The minimum absolute atomic E-state index is 0.0502. The summed E-state index contributed by atoms with van der Waals surface area (Å²) in [6.07, 6.45) is 1.15. The van der Waals surface area contributed by atoms with Crippen LogP contribution in [0.2, 0.25) is 0 Å². The Kier molecular flexibility index (Phi) is 4.55. The lowest BCUT2D eigenvalue weighted by Gasteiger charge is -2.39. The van der Waals surface area contributed by atoms with Crippen molar-refractivity contribution in [2.45, 2.75) is 25.2 Å². The summed E-state index contributed by atoms with van der Waals surface area (Å²) in [6, 6.07) is 12.1. The first-order chi connectivity index (χ1) is 11.0. The molecule has 0 atom stereocenters. The van der Waals surface area contributed by atoms with E-state index >= 15 is 0 Å². The first-order valence-corrected chi connectivity index (χ1v) is 8.89. The highest BCUT2D eigenvalue weighted by Gasteiger charge is 2.44. The fraction of sp³-hybridized carbons (Fsp3) is 0.333. The number of hydrogen-bond acceptors (Lipinski definition) is 3. The second kappa shape index (κ2) is 6.46. The van der Waals surface area contributed by atoms with Gasteiger partial charge in [-0.1, -0.05) is 30.3 Å². The predicted octanol–water partition coefficient (Wildman–Crippen LogP) is 4.06. The van der Waals surface area contributed by atoms with Crippen molar-refractivity contribution >= 4 is 34.1 Å². The Bertz CT molecular complexity index is 718. The van der Waals surface area contributed by atoms with Crippen LogP contribution in [0.5, 0.6) is 0 Å². The summed E-state index contributed by atoms with van der Waals surface area (Å²) in [6.45, 7) is 2.70. The van der Waals surface area contributed by atoms with Crippen LogP contribution in [0.3, 0.4) is 0 Å². The van der Waals surface area contributed by atoms with Gasteiger partial charge in [0.1, 0.15) is 0 Å². The number of piperidine rings is 1. The maximum Gasteiger partial charge on any atom is 0.232 e. The molecule has 0 N–H and O–H groups in total. The van der Waals surface area contributed by atoms with Crippen LogP contribution in [0.4, 0.5) is 0 Å². The molecule has 0 radical (unpaired) electrons. The number of carbonyl (C=O) groups is 2. The lowest BCUT2D eigenvalue weighted by Crippen LogP contribution is -2.47. The Labute approximate surface area is 144 Å². The lowest BCUT2D eigenvalue weighted by atomic mass is 9.73. The summed E-state index contributed by atoms with van der Waals surface area (Å²) in [5, 5.41) is 1.69. The van der Waals surface area contributed by atoms with E-state index in [2.05, 4.69) is 0 Å². The molecule has 2 heterocycles. The standard InChI is InChI=1S/C18H18ClNO2S/c1-13(21)20-10-8-18(9-11-20,17(19)22)15-7-12-23-16(15)14-5-3-2-4-6-14/h2-7,12H,8-11H2,1H3. The number of amides is 1.